The molecule has 0 unspecified atom stereocenters. The van der Waals surface area contributed by atoms with Crippen LogP contribution in [0.25, 0.3) is 10.9 Å². The van der Waals surface area contributed by atoms with Crippen molar-refractivity contribution in [3.05, 3.63) is 29.5 Å². The van der Waals surface area contributed by atoms with Gasteiger partial charge in [-0.3, -0.25) is 9.36 Å². The second kappa shape index (κ2) is 4.99. The average molecular weight is 347 g/mol. The Labute approximate surface area is 147 Å². The van der Waals surface area contributed by atoms with Gasteiger partial charge in [0, 0.05) is 29.5 Å². The molecule has 1 saturated carbocycles. The lowest BCUT2D eigenvalue weighted by Crippen LogP contribution is -2.52. The van der Waals surface area contributed by atoms with Gasteiger partial charge in [0.2, 0.25) is 5.91 Å². The van der Waals surface area contributed by atoms with Gasteiger partial charge in [-0.25, -0.2) is 0 Å². The normalized spacial score (nSPS) is 33.9. The summed E-state index contributed by atoms with van der Waals surface area (Å²) in [7, 11) is 0. The molecule has 0 saturated heterocycles. The van der Waals surface area contributed by atoms with Gasteiger partial charge in [0.15, 0.2) is 0 Å². The van der Waals surface area contributed by atoms with E-state index >= 15 is 0 Å². The standard InChI is InChI=1S/C19H22N2O2.ClH/c1-19-7-3-4-10-12(20)8-11-16-13(5-2-6-14(16)22)21(15(23)9-19)18(11)17(10)19;/h2,5-6,10,12,17,22H,3-4,7-9,20H2,1H3;1H/t10-,12+,17-,19+;/m0./s1. The van der Waals surface area contributed by atoms with Gasteiger partial charge < -0.3 is 10.8 Å². The molecule has 0 spiro atoms. The summed E-state index contributed by atoms with van der Waals surface area (Å²) in [5, 5.41) is 11.3. The molecule has 3 aliphatic rings. The smallest absolute Gasteiger partial charge is 0.231 e. The molecule has 1 aromatic heterocycles. The van der Waals surface area contributed by atoms with Gasteiger partial charge in [-0.2, -0.15) is 0 Å². The summed E-state index contributed by atoms with van der Waals surface area (Å²) in [6.45, 7) is 2.27. The number of phenolic OH excluding ortho intramolecular Hbond substituents is 1. The van der Waals surface area contributed by atoms with Crippen molar-refractivity contribution in [1.82, 2.24) is 4.57 Å². The first-order chi connectivity index (χ1) is 11.0. The molecule has 1 aliphatic heterocycles. The number of carbonyl (C=O) groups is 1. The Kier molecular flexibility index (Phi) is 3.32. The lowest BCUT2D eigenvalue weighted by Gasteiger charge is -2.53. The van der Waals surface area contributed by atoms with E-state index in [4.69, 9.17) is 5.73 Å². The van der Waals surface area contributed by atoms with Crippen molar-refractivity contribution < 1.29 is 9.90 Å². The number of nitrogens with two attached hydrogens (primary N) is 1. The molecule has 4 nitrogen and oxygen atoms in total. The van der Waals surface area contributed by atoms with Gasteiger partial charge in [-0.1, -0.05) is 19.4 Å². The van der Waals surface area contributed by atoms with Crippen molar-refractivity contribution in [1.29, 1.82) is 0 Å². The first-order valence-corrected chi connectivity index (χ1v) is 8.65. The van der Waals surface area contributed by atoms with Crippen LogP contribution >= 0.6 is 12.4 Å². The molecule has 2 aromatic rings. The molecule has 1 aromatic carbocycles. The molecule has 128 valence electrons. The summed E-state index contributed by atoms with van der Waals surface area (Å²) in [5.74, 6) is 1.26. The summed E-state index contributed by atoms with van der Waals surface area (Å²) in [6.07, 6.45) is 4.77. The van der Waals surface area contributed by atoms with Crippen LogP contribution in [-0.2, 0) is 6.42 Å². The van der Waals surface area contributed by atoms with E-state index < -0.39 is 0 Å². The van der Waals surface area contributed by atoms with Crippen molar-refractivity contribution in [3.63, 3.8) is 0 Å². The molecule has 5 heteroatoms. The van der Waals surface area contributed by atoms with Crippen LogP contribution in [0, 0.1) is 11.3 Å². The van der Waals surface area contributed by atoms with Gasteiger partial charge >= 0.3 is 0 Å². The van der Waals surface area contributed by atoms with E-state index in [1.54, 1.807) is 6.07 Å². The Morgan fingerprint density at radius 3 is 2.96 bits per heavy atom. The van der Waals surface area contributed by atoms with E-state index in [1.807, 2.05) is 16.7 Å². The fourth-order valence-corrected chi connectivity index (χ4v) is 5.80. The highest BCUT2D eigenvalue weighted by molar-refractivity contribution is 6.00. The summed E-state index contributed by atoms with van der Waals surface area (Å²) < 4.78 is 1.90. The Hall–Kier alpha value is -1.52. The zero-order valence-electron chi connectivity index (χ0n) is 13.8. The van der Waals surface area contributed by atoms with Crippen LogP contribution in [0.1, 0.15) is 54.6 Å². The number of aromatic hydroxyl groups is 1. The second-order valence-electron chi connectivity index (χ2n) is 8.00. The van der Waals surface area contributed by atoms with Gasteiger partial charge in [0.05, 0.1) is 5.52 Å². The van der Waals surface area contributed by atoms with Gasteiger partial charge in [-0.15, -0.1) is 12.4 Å². The fraction of sp³-hybridized carbons (Fsp3) is 0.526. The maximum Gasteiger partial charge on any atom is 0.231 e. The molecule has 3 N–H and O–H groups in total. The molecule has 5 rings (SSSR count). The largest absolute Gasteiger partial charge is 0.507 e. The molecule has 2 aliphatic carbocycles. The number of hydrogen-bond donors (Lipinski definition) is 2. The number of halogens is 1. The Morgan fingerprint density at radius 1 is 1.38 bits per heavy atom. The highest BCUT2D eigenvalue weighted by atomic mass is 35.5. The third-order valence-corrected chi connectivity index (χ3v) is 6.67. The minimum absolute atomic E-state index is 0. The summed E-state index contributed by atoms with van der Waals surface area (Å²) in [6, 6.07) is 5.62. The number of fused-ring (bicyclic) bond motifs is 3. The Balaban J connectivity index is 0.00000146. The van der Waals surface area contributed by atoms with E-state index in [1.165, 1.54) is 6.42 Å². The van der Waals surface area contributed by atoms with E-state index in [9.17, 15) is 9.90 Å². The monoisotopic (exact) mass is 346 g/mol. The zero-order valence-corrected chi connectivity index (χ0v) is 14.6. The molecule has 0 radical (unpaired) electrons. The van der Waals surface area contributed by atoms with E-state index in [0.29, 0.717) is 18.3 Å². The van der Waals surface area contributed by atoms with Crippen LogP contribution in [0.5, 0.6) is 5.75 Å². The minimum atomic E-state index is 0. The Bertz CT molecular complexity index is 859. The number of hydrogen-bond acceptors (Lipinski definition) is 3. The van der Waals surface area contributed by atoms with Crippen LogP contribution in [-0.4, -0.2) is 21.6 Å². The third-order valence-electron chi connectivity index (χ3n) is 6.67. The van der Waals surface area contributed by atoms with Crippen molar-refractivity contribution in [2.75, 3.05) is 0 Å². The molecule has 2 heterocycles. The SMILES string of the molecule is C[C@@]12CCC[C@H]3[C@H](N)Cc4c(n(c5cccc(O)c45)C(=O)C1)[C@H]32.Cl. The maximum atomic E-state index is 12.9. The number of carbonyl (C=O) groups excluding carboxylic acids is 1. The van der Waals surface area contributed by atoms with E-state index in [0.717, 1.165) is 41.4 Å². The van der Waals surface area contributed by atoms with Crippen molar-refractivity contribution in [3.8, 4) is 5.75 Å². The van der Waals surface area contributed by atoms with Crippen LogP contribution in [0.15, 0.2) is 18.2 Å². The van der Waals surface area contributed by atoms with E-state index in [-0.39, 0.29) is 35.5 Å². The third kappa shape index (κ3) is 1.76. The molecule has 0 amide bonds. The van der Waals surface area contributed by atoms with Crippen LogP contribution in [0.2, 0.25) is 0 Å². The predicted molar refractivity (Wildman–Crippen MR) is 96.0 cm³/mol. The van der Waals surface area contributed by atoms with Crippen LogP contribution in [0.3, 0.4) is 0 Å². The first-order valence-electron chi connectivity index (χ1n) is 8.65. The van der Waals surface area contributed by atoms with Crippen LogP contribution < -0.4 is 5.73 Å². The highest BCUT2D eigenvalue weighted by Crippen LogP contribution is 2.60. The summed E-state index contributed by atoms with van der Waals surface area (Å²) in [4.78, 5) is 12.9. The number of aromatic nitrogens is 1. The molecular weight excluding hydrogens is 324 g/mol. The van der Waals surface area contributed by atoms with Crippen molar-refractivity contribution in [2.45, 2.75) is 51.0 Å². The maximum absolute atomic E-state index is 12.9. The minimum Gasteiger partial charge on any atom is -0.507 e. The van der Waals surface area contributed by atoms with Crippen molar-refractivity contribution in [2.24, 2.45) is 17.1 Å². The van der Waals surface area contributed by atoms with Crippen molar-refractivity contribution >= 4 is 29.2 Å². The average Bonchev–Trinajstić information content (AvgIpc) is 2.82. The topological polar surface area (TPSA) is 68.2 Å². The Morgan fingerprint density at radius 2 is 2.17 bits per heavy atom. The first kappa shape index (κ1) is 16.0. The number of benzene rings is 1. The molecule has 24 heavy (non-hydrogen) atoms. The fourth-order valence-electron chi connectivity index (χ4n) is 5.80. The number of nitrogens with zero attached hydrogens (tertiary/aromatic N) is 1. The summed E-state index contributed by atoms with van der Waals surface area (Å²) in [5.41, 5.74) is 9.72. The lowest BCUT2D eigenvalue weighted by molar-refractivity contribution is 0.0449. The highest BCUT2D eigenvalue weighted by Gasteiger charge is 2.54. The van der Waals surface area contributed by atoms with Gasteiger partial charge in [0.1, 0.15) is 5.75 Å². The summed E-state index contributed by atoms with van der Waals surface area (Å²) >= 11 is 0. The molecular formula is C19H23ClN2O2. The zero-order chi connectivity index (χ0) is 15.9. The molecule has 1 fully saturated rings. The molecule has 4 atom stereocenters. The quantitative estimate of drug-likeness (QED) is 0.766. The van der Waals surface area contributed by atoms with Crippen LogP contribution in [0.4, 0.5) is 0 Å². The van der Waals surface area contributed by atoms with E-state index in [2.05, 4.69) is 6.92 Å². The number of rotatable bonds is 0. The second-order valence-corrected chi connectivity index (χ2v) is 8.00. The number of phenols is 1. The van der Waals surface area contributed by atoms with Gasteiger partial charge in [-0.05, 0) is 48.3 Å². The lowest BCUT2D eigenvalue weighted by atomic mass is 9.54. The molecule has 0 bridgehead atoms. The predicted octanol–water partition coefficient (Wildman–Crippen LogP) is 3.59. The van der Waals surface area contributed by atoms with Gasteiger partial charge in [0.25, 0.3) is 0 Å².